The van der Waals surface area contributed by atoms with Crippen molar-refractivity contribution in [3.8, 4) is 28.6 Å². The first-order chi connectivity index (χ1) is 19.8. The predicted octanol–water partition coefficient (Wildman–Crippen LogP) is 8.81. The summed E-state index contributed by atoms with van der Waals surface area (Å²) in [6.07, 6.45) is 1.82. The summed E-state index contributed by atoms with van der Waals surface area (Å²) in [6.45, 7) is 0. The number of benzene rings is 5. The lowest BCUT2D eigenvalue weighted by atomic mass is 10.0. The third-order valence-electron chi connectivity index (χ3n) is 7.78. The van der Waals surface area contributed by atoms with Gasteiger partial charge in [0.25, 0.3) is 0 Å². The van der Waals surface area contributed by atoms with Crippen LogP contribution in [0.25, 0.3) is 66.2 Å². The van der Waals surface area contributed by atoms with Crippen LogP contribution in [-0.4, -0.2) is 14.1 Å². The molecule has 8 rings (SSSR count). The molecule has 8 aromatic rings. The van der Waals surface area contributed by atoms with Gasteiger partial charge in [-0.05, 0) is 83.9 Å². The molecule has 0 atom stereocenters. The zero-order valence-corrected chi connectivity index (χ0v) is 21.5. The molecule has 4 nitrogen and oxygen atoms in total. The molecule has 0 aliphatic heterocycles. The zero-order valence-electron chi connectivity index (χ0n) is 21.5. The van der Waals surface area contributed by atoms with Gasteiger partial charge in [0, 0.05) is 39.1 Å². The van der Waals surface area contributed by atoms with Crippen molar-refractivity contribution in [1.82, 2.24) is 14.1 Å². The van der Waals surface area contributed by atoms with Crippen molar-refractivity contribution in [1.29, 1.82) is 5.26 Å². The van der Waals surface area contributed by atoms with Crippen LogP contribution in [0, 0.1) is 11.3 Å². The number of nitrogens with zero attached hydrogens (tertiary/aromatic N) is 4. The fourth-order valence-electron chi connectivity index (χ4n) is 6.01. The Balaban J connectivity index is 1.35. The van der Waals surface area contributed by atoms with Crippen LogP contribution < -0.4 is 0 Å². The van der Waals surface area contributed by atoms with Crippen LogP contribution in [0.1, 0.15) is 5.56 Å². The number of pyridine rings is 1. The number of para-hydroxylation sites is 2. The van der Waals surface area contributed by atoms with Gasteiger partial charge in [-0.15, -0.1) is 0 Å². The van der Waals surface area contributed by atoms with E-state index in [1.54, 1.807) is 0 Å². The van der Waals surface area contributed by atoms with Crippen LogP contribution in [0.3, 0.4) is 0 Å². The average Bonchev–Trinajstić information content (AvgIpc) is 3.54. The molecule has 0 saturated carbocycles. The lowest BCUT2D eigenvalue weighted by Gasteiger charge is -2.09. The van der Waals surface area contributed by atoms with Crippen molar-refractivity contribution in [2.24, 2.45) is 0 Å². The summed E-state index contributed by atoms with van der Waals surface area (Å²) < 4.78 is 4.48. The molecule has 40 heavy (non-hydrogen) atoms. The highest BCUT2D eigenvalue weighted by molar-refractivity contribution is 6.12. The quantitative estimate of drug-likeness (QED) is 0.238. The molecule has 0 radical (unpaired) electrons. The smallest absolute Gasteiger partial charge is 0.145 e. The molecular formula is C36H22N4. The second-order valence-corrected chi connectivity index (χ2v) is 10.0. The first-order valence-electron chi connectivity index (χ1n) is 13.3. The topological polar surface area (TPSA) is 46.5 Å². The van der Waals surface area contributed by atoms with E-state index in [-0.39, 0.29) is 0 Å². The third-order valence-corrected chi connectivity index (χ3v) is 7.78. The maximum atomic E-state index is 9.48. The van der Waals surface area contributed by atoms with Gasteiger partial charge < -0.3 is 4.57 Å². The minimum atomic E-state index is 0.628. The highest BCUT2D eigenvalue weighted by atomic mass is 15.0. The molecule has 4 heteroatoms. The van der Waals surface area contributed by atoms with E-state index in [4.69, 9.17) is 4.98 Å². The highest BCUT2D eigenvalue weighted by Crippen LogP contribution is 2.37. The molecule has 0 fully saturated rings. The highest BCUT2D eigenvalue weighted by Gasteiger charge is 2.16. The van der Waals surface area contributed by atoms with Gasteiger partial charge in [-0.3, -0.25) is 4.57 Å². The first-order valence-corrected chi connectivity index (χ1v) is 13.3. The summed E-state index contributed by atoms with van der Waals surface area (Å²) in [5.74, 6) is 0. The molecule has 0 unspecified atom stereocenters. The molecule has 0 aliphatic carbocycles. The van der Waals surface area contributed by atoms with Crippen molar-refractivity contribution in [3.05, 3.63) is 139 Å². The monoisotopic (exact) mass is 510 g/mol. The Morgan fingerprint density at radius 3 is 1.95 bits per heavy atom. The van der Waals surface area contributed by atoms with E-state index in [1.165, 1.54) is 27.4 Å². The summed E-state index contributed by atoms with van der Waals surface area (Å²) in [7, 11) is 0. The van der Waals surface area contributed by atoms with E-state index in [2.05, 4.69) is 112 Å². The van der Waals surface area contributed by atoms with Crippen molar-refractivity contribution >= 4 is 43.7 Å². The predicted molar refractivity (Wildman–Crippen MR) is 163 cm³/mol. The van der Waals surface area contributed by atoms with Gasteiger partial charge in [-0.2, -0.15) is 5.26 Å². The fraction of sp³-hybridized carbons (Fsp3) is 0. The Morgan fingerprint density at radius 2 is 1.15 bits per heavy atom. The molecule has 0 N–H and O–H groups in total. The number of rotatable bonds is 3. The van der Waals surface area contributed by atoms with Crippen molar-refractivity contribution in [2.45, 2.75) is 0 Å². The average molecular weight is 511 g/mol. The summed E-state index contributed by atoms with van der Waals surface area (Å²) >= 11 is 0. The van der Waals surface area contributed by atoms with E-state index < -0.39 is 0 Å². The van der Waals surface area contributed by atoms with Crippen molar-refractivity contribution < 1.29 is 0 Å². The summed E-state index contributed by atoms with van der Waals surface area (Å²) in [5.41, 5.74) is 9.37. The molecule has 3 heterocycles. The van der Waals surface area contributed by atoms with Gasteiger partial charge in [-0.1, -0.05) is 54.6 Å². The molecule has 0 spiro atoms. The van der Waals surface area contributed by atoms with Crippen LogP contribution in [0.2, 0.25) is 0 Å². The molecule has 0 amide bonds. The number of fused-ring (bicyclic) bond motifs is 6. The SMILES string of the molecule is N#Cc1cccc(-n2c3ccc(-c4ccc5c(c4)c4ccccc4n5-c4ccccc4)cc3c3cccnc32)c1. The lowest BCUT2D eigenvalue weighted by molar-refractivity contribution is 1.13. The maximum absolute atomic E-state index is 9.48. The molecule has 0 saturated heterocycles. The molecule has 0 bridgehead atoms. The Labute approximate surface area is 230 Å². The van der Waals surface area contributed by atoms with Crippen LogP contribution in [-0.2, 0) is 0 Å². The third kappa shape index (κ3) is 3.28. The van der Waals surface area contributed by atoms with Crippen LogP contribution in [0.4, 0.5) is 0 Å². The fourth-order valence-corrected chi connectivity index (χ4v) is 6.01. The summed E-state index contributed by atoms with van der Waals surface area (Å²) in [6, 6.07) is 46.6. The van der Waals surface area contributed by atoms with E-state index in [0.29, 0.717) is 5.56 Å². The minimum Gasteiger partial charge on any atom is -0.309 e. The van der Waals surface area contributed by atoms with Crippen LogP contribution in [0.15, 0.2) is 134 Å². The molecule has 5 aromatic carbocycles. The molecule has 186 valence electrons. The lowest BCUT2D eigenvalue weighted by Crippen LogP contribution is -1.95. The van der Waals surface area contributed by atoms with Crippen LogP contribution in [0.5, 0.6) is 0 Å². The second-order valence-electron chi connectivity index (χ2n) is 10.0. The summed E-state index contributed by atoms with van der Waals surface area (Å²) in [5, 5.41) is 14.2. The second kappa shape index (κ2) is 8.69. The Bertz CT molecular complexity index is 2280. The van der Waals surface area contributed by atoms with Gasteiger partial charge in [0.1, 0.15) is 5.65 Å². The maximum Gasteiger partial charge on any atom is 0.145 e. The molecular weight excluding hydrogens is 488 g/mol. The van der Waals surface area contributed by atoms with Gasteiger partial charge in [0.15, 0.2) is 0 Å². The van der Waals surface area contributed by atoms with Gasteiger partial charge in [-0.25, -0.2) is 4.98 Å². The van der Waals surface area contributed by atoms with Crippen molar-refractivity contribution in [3.63, 3.8) is 0 Å². The zero-order chi connectivity index (χ0) is 26.6. The standard InChI is InChI=1S/C36H22N4/c37-23-24-8-6-11-28(20-24)40-35-18-16-26(22-32(35)30-13-7-19-38-36(30)40)25-15-17-34-31(21-25)29-12-4-5-14-33(29)39(34)27-9-2-1-3-10-27/h1-22H. The normalized spacial score (nSPS) is 11.5. The molecule has 3 aromatic heterocycles. The van der Waals surface area contributed by atoms with E-state index in [1.807, 2.05) is 36.5 Å². The first kappa shape index (κ1) is 22.3. The Hall–Kier alpha value is -5.66. The largest absolute Gasteiger partial charge is 0.309 e. The van der Waals surface area contributed by atoms with E-state index >= 15 is 0 Å². The minimum absolute atomic E-state index is 0.628. The number of nitriles is 1. The Kier molecular flexibility index (Phi) is 4.85. The number of hydrogen-bond acceptors (Lipinski definition) is 2. The van der Waals surface area contributed by atoms with E-state index in [0.717, 1.165) is 38.9 Å². The van der Waals surface area contributed by atoms with Crippen LogP contribution >= 0.6 is 0 Å². The van der Waals surface area contributed by atoms with E-state index in [9.17, 15) is 5.26 Å². The van der Waals surface area contributed by atoms with Gasteiger partial charge in [0.2, 0.25) is 0 Å². The number of aromatic nitrogens is 3. The number of hydrogen-bond donors (Lipinski definition) is 0. The Morgan fingerprint density at radius 1 is 0.500 bits per heavy atom. The van der Waals surface area contributed by atoms with Gasteiger partial charge >= 0.3 is 0 Å². The summed E-state index contributed by atoms with van der Waals surface area (Å²) in [4.78, 5) is 4.74. The van der Waals surface area contributed by atoms with Gasteiger partial charge in [0.05, 0.1) is 28.2 Å². The van der Waals surface area contributed by atoms with Crippen molar-refractivity contribution in [2.75, 3.05) is 0 Å². The molecule has 0 aliphatic rings.